The Hall–Kier alpha value is -2.94. The molecule has 3 aliphatic heterocycles. The second-order valence-electron chi connectivity index (χ2n) is 8.13. The van der Waals surface area contributed by atoms with Crippen molar-refractivity contribution in [1.82, 2.24) is 19.8 Å². The Labute approximate surface area is 179 Å². The van der Waals surface area contributed by atoms with E-state index >= 15 is 0 Å². The number of carbonyl (C=O) groups is 2. The number of fused-ring (bicyclic) bond motifs is 1. The highest BCUT2D eigenvalue weighted by atomic mass is 19.1. The number of carbonyl (C=O) groups excluding carboxylic acids is 2. The fourth-order valence-corrected chi connectivity index (χ4v) is 4.58. The number of hydrogen-bond acceptors (Lipinski definition) is 5. The van der Waals surface area contributed by atoms with Crippen molar-refractivity contribution in [3.05, 3.63) is 60.2 Å². The van der Waals surface area contributed by atoms with Gasteiger partial charge in [0.05, 0.1) is 17.4 Å². The molecule has 1 spiro atoms. The molecule has 9 heteroatoms. The smallest absolute Gasteiger partial charge is 0.257 e. The van der Waals surface area contributed by atoms with Crippen LogP contribution in [-0.4, -0.2) is 62.5 Å². The molecule has 0 aliphatic carbocycles. The zero-order valence-electron chi connectivity index (χ0n) is 17.3. The first-order chi connectivity index (χ1) is 14.8. The Morgan fingerprint density at radius 1 is 1.23 bits per heavy atom. The van der Waals surface area contributed by atoms with Crippen LogP contribution in [0.1, 0.15) is 43.0 Å². The fourth-order valence-electron chi connectivity index (χ4n) is 4.58. The van der Waals surface area contributed by atoms with Crippen molar-refractivity contribution in [3.63, 3.8) is 0 Å². The summed E-state index contributed by atoms with van der Waals surface area (Å²) in [5, 5.41) is 0. The summed E-state index contributed by atoms with van der Waals surface area (Å²) in [6, 6.07) is -0.392. The minimum absolute atomic E-state index is 0.151. The average Bonchev–Trinajstić information content (AvgIpc) is 3.26. The number of likely N-dealkylation sites (tertiary alicyclic amines) is 1. The molecule has 7 nitrogen and oxygen atoms in total. The first-order valence-electron chi connectivity index (χ1n) is 10.3. The number of allylic oxidation sites excluding steroid dienone is 3. The third-order valence-corrected chi connectivity index (χ3v) is 6.07. The van der Waals surface area contributed by atoms with Crippen molar-refractivity contribution in [3.8, 4) is 0 Å². The van der Waals surface area contributed by atoms with E-state index in [2.05, 4.69) is 16.5 Å². The molecular formula is C22H24F2N4O3. The minimum atomic E-state index is -0.981. The molecular weight excluding hydrogens is 406 g/mol. The van der Waals surface area contributed by atoms with Gasteiger partial charge < -0.3 is 14.5 Å². The Kier molecular flexibility index (Phi) is 5.70. The quantitative estimate of drug-likeness (QED) is 0.687. The predicted molar refractivity (Wildman–Crippen MR) is 108 cm³/mol. The Bertz CT molecular complexity index is 951. The number of halogens is 2. The summed E-state index contributed by atoms with van der Waals surface area (Å²) in [6.45, 7) is 5.81. The molecule has 3 aliphatic rings. The summed E-state index contributed by atoms with van der Waals surface area (Å²) >= 11 is 0. The predicted octanol–water partition coefficient (Wildman–Crippen LogP) is 3.08. The van der Waals surface area contributed by atoms with Crippen LogP contribution in [0.15, 0.2) is 54.7 Å². The van der Waals surface area contributed by atoms with E-state index in [1.807, 2.05) is 0 Å². The zero-order chi connectivity index (χ0) is 22.2. The van der Waals surface area contributed by atoms with Crippen LogP contribution in [0.25, 0.3) is 0 Å². The first kappa shape index (κ1) is 21.3. The van der Waals surface area contributed by atoms with Crippen molar-refractivity contribution in [1.29, 1.82) is 0 Å². The largest absolute Gasteiger partial charge is 0.342 e. The summed E-state index contributed by atoms with van der Waals surface area (Å²) < 4.78 is 33.0. The lowest BCUT2D eigenvalue weighted by molar-refractivity contribution is -0.142. The van der Waals surface area contributed by atoms with Gasteiger partial charge in [-0.25, -0.2) is 18.7 Å². The van der Waals surface area contributed by atoms with Crippen LogP contribution in [0, 0.1) is 0 Å². The zero-order valence-corrected chi connectivity index (χ0v) is 17.3. The number of aromatic nitrogens is 2. The standard InChI is InChI=1S/C22H24F2N4O3/c1-14(9-17(24)10-15(2)23)18-3-4-19-28(18)21(30)22(31-19)5-7-27(8-6-22)20(29)16-11-25-13-26-12-16/h9-13,18-19H,1,3-8H2,2H3/b15-10+,17-9+/t18-,19+/m0/s1. The highest BCUT2D eigenvalue weighted by Crippen LogP contribution is 2.44. The maximum absolute atomic E-state index is 13.9. The molecule has 2 amide bonds. The van der Waals surface area contributed by atoms with Gasteiger partial charge in [-0.2, -0.15) is 0 Å². The summed E-state index contributed by atoms with van der Waals surface area (Å²) in [6.07, 6.45) is 7.83. The minimum Gasteiger partial charge on any atom is -0.342 e. The second-order valence-corrected chi connectivity index (χ2v) is 8.13. The van der Waals surface area contributed by atoms with Crippen LogP contribution in [0.5, 0.6) is 0 Å². The highest BCUT2D eigenvalue weighted by molar-refractivity contribution is 5.94. The fraction of sp³-hybridized carbons (Fsp3) is 0.455. The molecule has 31 heavy (non-hydrogen) atoms. The van der Waals surface area contributed by atoms with E-state index in [0.29, 0.717) is 49.9 Å². The molecule has 3 saturated heterocycles. The molecule has 3 fully saturated rings. The monoisotopic (exact) mass is 430 g/mol. The number of nitrogens with zero attached hydrogens (tertiary/aromatic N) is 4. The molecule has 0 aromatic carbocycles. The van der Waals surface area contributed by atoms with Crippen LogP contribution in [-0.2, 0) is 9.53 Å². The van der Waals surface area contributed by atoms with Crippen LogP contribution in [0.3, 0.4) is 0 Å². The van der Waals surface area contributed by atoms with E-state index in [-0.39, 0.29) is 11.8 Å². The summed E-state index contributed by atoms with van der Waals surface area (Å²) in [5.74, 6) is -1.71. The molecule has 0 unspecified atom stereocenters. The van der Waals surface area contributed by atoms with E-state index in [9.17, 15) is 18.4 Å². The van der Waals surface area contributed by atoms with Crippen molar-refractivity contribution in [2.45, 2.75) is 50.5 Å². The average molecular weight is 430 g/mol. The normalized spacial score (nSPS) is 25.8. The van der Waals surface area contributed by atoms with Gasteiger partial charge in [-0.05, 0) is 31.4 Å². The van der Waals surface area contributed by atoms with Gasteiger partial charge >= 0.3 is 0 Å². The van der Waals surface area contributed by atoms with Gasteiger partial charge in [-0.15, -0.1) is 0 Å². The molecule has 0 saturated carbocycles. The third kappa shape index (κ3) is 4.01. The molecule has 1 aromatic rings. The van der Waals surface area contributed by atoms with Crippen LogP contribution in [0.4, 0.5) is 8.78 Å². The van der Waals surface area contributed by atoms with Crippen molar-refractivity contribution in [2.75, 3.05) is 13.1 Å². The van der Waals surface area contributed by atoms with Gasteiger partial charge in [0, 0.05) is 44.4 Å². The van der Waals surface area contributed by atoms with Crippen LogP contribution >= 0.6 is 0 Å². The van der Waals surface area contributed by atoms with Crippen molar-refractivity contribution < 1.29 is 23.1 Å². The Balaban J connectivity index is 1.44. The molecule has 4 rings (SSSR count). The molecule has 0 bridgehead atoms. The molecule has 0 radical (unpaired) electrons. The number of ether oxygens (including phenoxy) is 1. The second kappa shape index (κ2) is 8.30. The molecule has 0 N–H and O–H groups in total. The number of rotatable bonds is 4. The van der Waals surface area contributed by atoms with Gasteiger partial charge in [0.15, 0.2) is 5.60 Å². The van der Waals surface area contributed by atoms with E-state index in [4.69, 9.17) is 4.74 Å². The van der Waals surface area contributed by atoms with E-state index in [0.717, 1.165) is 19.1 Å². The van der Waals surface area contributed by atoms with Crippen LogP contribution < -0.4 is 0 Å². The molecule has 1 aromatic heterocycles. The van der Waals surface area contributed by atoms with E-state index in [1.165, 1.54) is 18.7 Å². The van der Waals surface area contributed by atoms with E-state index in [1.54, 1.807) is 9.80 Å². The Morgan fingerprint density at radius 3 is 2.55 bits per heavy atom. The maximum Gasteiger partial charge on any atom is 0.257 e. The SMILES string of the molecule is C=C(/C=C(F)\C=C(/C)F)[C@@H]1CC[C@H]2OC3(CCN(C(=O)c4cncnc4)CC3)C(=O)N21. The van der Waals surface area contributed by atoms with Gasteiger partial charge in [0.2, 0.25) is 0 Å². The highest BCUT2D eigenvalue weighted by Gasteiger charge is 2.58. The third-order valence-electron chi connectivity index (χ3n) is 6.07. The molecule has 2 atom stereocenters. The van der Waals surface area contributed by atoms with E-state index < -0.39 is 29.5 Å². The van der Waals surface area contributed by atoms with Crippen LogP contribution in [0.2, 0.25) is 0 Å². The lowest BCUT2D eigenvalue weighted by atomic mass is 9.89. The lowest BCUT2D eigenvalue weighted by Crippen LogP contribution is -2.52. The van der Waals surface area contributed by atoms with Gasteiger partial charge in [0.1, 0.15) is 18.4 Å². The van der Waals surface area contributed by atoms with Crippen molar-refractivity contribution >= 4 is 11.8 Å². The number of hydrogen-bond donors (Lipinski definition) is 0. The Morgan fingerprint density at radius 2 is 1.90 bits per heavy atom. The van der Waals surface area contributed by atoms with Gasteiger partial charge in [-0.1, -0.05) is 6.58 Å². The number of amides is 2. The van der Waals surface area contributed by atoms with Gasteiger partial charge in [0.25, 0.3) is 11.8 Å². The summed E-state index contributed by atoms with van der Waals surface area (Å²) in [5.41, 5.74) is -0.172. The molecule has 164 valence electrons. The summed E-state index contributed by atoms with van der Waals surface area (Å²) in [4.78, 5) is 37.0. The maximum atomic E-state index is 13.9. The molecule has 4 heterocycles. The first-order valence-corrected chi connectivity index (χ1v) is 10.3. The number of piperidine rings is 1. The van der Waals surface area contributed by atoms with Crippen molar-refractivity contribution in [2.24, 2.45) is 0 Å². The summed E-state index contributed by atoms with van der Waals surface area (Å²) in [7, 11) is 0. The van der Waals surface area contributed by atoms with Gasteiger partial charge in [-0.3, -0.25) is 9.59 Å². The lowest BCUT2D eigenvalue weighted by Gasteiger charge is -2.37. The topological polar surface area (TPSA) is 75.6 Å².